The lowest BCUT2D eigenvalue weighted by Gasteiger charge is -2.18. The highest BCUT2D eigenvalue weighted by Crippen LogP contribution is 2.21. The largest absolute Gasteiger partial charge is 0.479 e. The molecule has 1 unspecified atom stereocenters. The van der Waals surface area contributed by atoms with E-state index >= 15 is 0 Å². The summed E-state index contributed by atoms with van der Waals surface area (Å²) < 4.78 is 5.37. The fourth-order valence-corrected chi connectivity index (χ4v) is 2.14. The van der Waals surface area contributed by atoms with Gasteiger partial charge in [0.2, 0.25) is 5.91 Å². The maximum atomic E-state index is 11.9. The maximum absolute atomic E-state index is 11.9. The molecule has 22 heavy (non-hydrogen) atoms. The van der Waals surface area contributed by atoms with Crippen LogP contribution in [0.25, 0.3) is 0 Å². The summed E-state index contributed by atoms with van der Waals surface area (Å²) in [4.78, 5) is 23.4. The van der Waals surface area contributed by atoms with Gasteiger partial charge in [0.05, 0.1) is 6.10 Å². The number of carboxylic acids is 1. The van der Waals surface area contributed by atoms with Gasteiger partial charge in [-0.2, -0.15) is 0 Å². The first-order valence-corrected chi connectivity index (χ1v) is 7.52. The number of aliphatic carboxylic acids is 1. The van der Waals surface area contributed by atoms with Crippen LogP contribution in [0, 0.1) is 13.8 Å². The summed E-state index contributed by atoms with van der Waals surface area (Å²) >= 11 is 0. The number of rotatable bonds is 8. The monoisotopic (exact) mass is 307 g/mol. The number of carboxylic acid groups (broad SMARTS) is 1. The van der Waals surface area contributed by atoms with Crippen LogP contribution in [0.5, 0.6) is 0 Å². The van der Waals surface area contributed by atoms with E-state index in [1.165, 1.54) is 0 Å². The van der Waals surface area contributed by atoms with Crippen LogP contribution >= 0.6 is 0 Å². The van der Waals surface area contributed by atoms with E-state index in [0.717, 1.165) is 11.1 Å². The minimum Gasteiger partial charge on any atom is -0.479 e. The third-order valence-electron chi connectivity index (χ3n) is 3.51. The molecule has 0 aliphatic carbocycles. The summed E-state index contributed by atoms with van der Waals surface area (Å²) in [5.74, 6) is -1.33. The van der Waals surface area contributed by atoms with E-state index in [9.17, 15) is 14.7 Å². The molecule has 1 aromatic rings. The van der Waals surface area contributed by atoms with Crippen molar-refractivity contribution >= 4 is 11.9 Å². The zero-order chi connectivity index (χ0) is 16.7. The van der Waals surface area contributed by atoms with E-state index in [2.05, 4.69) is 5.32 Å². The van der Waals surface area contributed by atoms with Gasteiger partial charge in [-0.15, -0.1) is 0 Å². The van der Waals surface area contributed by atoms with Gasteiger partial charge in [0, 0.05) is 13.0 Å². The standard InChI is InChI=1S/C17H25NO4/c1-11(2)22-10-6-9-15(19)18-16(17(20)21)14-8-5-7-12(3)13(14)4/h5,7-8,11,16H,6,9-10H2,1-4H3,(H,18,19)(H,20,21). The minimum absolute atomic E-state index is 0.129. The Kier molecular flexibility index (Phi) is 7.05. The zero-order valence-corrected chi connectivity index (χ0v) is 13.7. The van der Waals surface area contributed by atoms with Gasteiger partial charge in [-0.3, -0.25) is 4.79 Å². The Hall–Kier alpha value is -1.88. The van der Waals surface area contributed by atoms with Crippen LogP contribution < -0.4 is 5.32 Å². The Morgan fingerprint density at radius 1 is 1.27 bits per heavy atom. The highest BCUT2D eigenvalue weighted by Gasteiger charge is 2.23. The summed E-state index contributed by atoms with van der Waals surface area (Å²) in [6.45, 7) is 8.14. The van der Waals surface area contributed by atoms with Crippen molar-refractivity contribution in [2.24, 2.45) is 0 Å². The van der Waals surface area contributed by atoms with E-state index in [0.29, 0.717) is 18.6 Å². The van der Waals surface area contributed by atoms with Crippen LogP contribution in [-0.4, -0.2) is 29.7 Å². The summed E-state index contributed by atoms with van der Waals surface area (Å²) in [6.07, 6.45) is 0.953. The highest BCUT2D eigenvalue weighted by atomic mass is 16.5. The van der Waals surface area contributed by atoms with Crippen molar-refractivity contribution in [2.75, 3.05) is 6.61 Å². The van der Waals surface area contributed by atoms with E-state index in [4.69, 9.17) is 4.74 Å². The summed E-state index contributed by atoms with van der Waals surface area (Å²) in [5.41, 5.74) is 2.51. The quantitative estimate of drug-likeness (QED) is 0.724. The molecular weight excluding hydrogens is 282 g/mol. The molecule has 5 nitrogen and oxygen atoms in total. The molecular formula is C17H25NO4. The summed E-state index contributed by atoms with van der Waals surface area (Å²) in [6, 6.07) is 4.45. The molecule has 0 saturated carbocycles. The molecule has 1 amide bonds. The SMILES string of the molecule is Cc1cccc(C(NC(=O)CCCOC(C)C)C(=O)O)c1C. The molecule has 5 heteroatoms. The van der Waals surface area contributed by atoms with Gasteiger partial charge in [0.25, 0.3) is 0 Å². The van der Waals surface area contributed by atoms with Crippen molar-refractivity contribution in [3.63, 3.8) is 0 Å². The topological polar surface area (TPSA) is 75.6 Å². The fourth-order valence-electron chi connectivity index (χ4n) is 2.14. The van der Waals surface area contributed by atoms with Gasteiger partial charge in [0.1, 0.15) is 0 Å². The second-order valence-corrected chi connectivity index (χ2v) is 5.65. The lowest BCUT2D eigenvalue weighted by molar-refractivity contribution is -0.142. The Bertz CT molecular complexity index is 525. The fraction of sp³-hybridized carbons (Fsp3) is 0.529. The smallest absolute Gasteiger partial charge is 0.330 e. The molecule has 0 saturated heterocycles. The molecule has 0 radical (unpaired) electrons. The van der Waals surface area contributed by atoms with Crippen molar-refractivity contribution < 1.29 is 19.4 Å². The number of hydrogen-bond donors (Lipinski definition) is 2. The molecule has 2 N–H and O–H groups in total. The van der Waals surface area contributed by atoms with E-state index < -0.39 is 12.0 Å². The van der Waals surface area contributed by atoms with Crippen molar-refractivity contribution in [3.8, 4) is 0 Å². The normalized spacial score (nSPS) is 12.2. The number of carbonyl (C=O) groups is 2. The van der Waals surface area contributed by atoms with Crippen LogP contribution in [0.2, 0.25) is 0 Å². The predicted octanol–water partition coefficient (Wildman–Crippen LogP) is 2.75. The average Bonchev–Trinajstić information content (AvgIpc) is 2.44. The molecule has 0 aliphatic heterocycles. The molecule has 0 bridgehead atoms. The summed E-state index contributed by atoms with van der Waals surface area (Å²) in [5, 5.41) is 12.0. The molecule has 0 aliphatic rings. The molecule has 1 aromatic carbocycles. The van der Waals surface area contributed by atoms with Crippen LogP contribution in [0.1, 0.15) is 49.4 Å². The van der Waals surface area contributed by atoms with Gasteiger partial charge in [0.15, 0.2) is 6.04 Å². The van der Waals surface area contributed by atoms with Gasteiger partial charge in [-0.1, -0.05) is 18.2 Å². The number of ether oxygens (including phenoxy) is 1. The predicted molar refractivity (Wildman–Crippen MR) is 84.8 cm³/mol. The molecule has 0 spiro atoms. The maximum Gasteiger partial charge on any atom is 0.330 e. The Morgan fingerprint density at radius 3 is 2.55 bits per heavy atom. The van der Waals surface area contributed by atoms with Crippen molar-refractivity contribution in [3.05, 3.63) is 34.9 Å². The number of aryl methyl sites for hydroxylation is 1. The van der Waals surface area contributed by atoms with Crippen LogP contribution in [0.3, 0.4) is 0 Å². The molecule has 0 aromatic heterocycles. The first kappa shape index (κ1) is 18.2. The number of nitrogens with one attached hydrogen (secondary N) is 1. The first-order chi connectivity index (χ1) is 10.3. The Morgan fingerprint density at radius 2 is 1.95 bits per heavy atom. The van der Waals surface area contributed by atoms with Gasteiger partial charge < -0.3 is 15.2 Å². The van der Waals surface area contributed by atoms with Crippen LogP contribution in [0.4, 0.5) is 0 Å². The van der Waals surface area contributed by atoms with E-state index in [1.807, 2.05) is 33.8 Å². The second-order valence-electron chi connectivity index (χ2n) is 5.65. The first-order valence-electron chi connectivity index (χ1n) is 7.52. The molecule has 122 valence electrons. The number of amides is 1. The number of hydrogen-bond acceptors (Lipinski definition) is 3. The second kappa shape index (κ2) is 8.54. The number of carbonyl (C=O) groups excluding carboxylic acids is 1. The minimum atomic E-state index is -1.06. The molecule has 0 fully saturated rings. The molecule has 1 atom stereocenters. The van der Waals surface area contributed by atoms with Gasteiger partial charge in [-0.05, 0) is 50.8 Å². The van der Waals surface area contributed by atoms with Crippen LogP contribution in [0.15, 0.2) is 18.2 Å². The van der Waals surface area contributed by atoms with Gasteiger partial charge in [-0.25, -0.2) is 4.79 Å². The van der Waals surface area contributed by atoms with Crippen LogP contribution in [-0.2, 0) is 14.3 Å². The van der Waals surface area contributed by atoms with Crippen molar-refractivity contribution in [1.29, 1.82) is 0 Å². The Balaban J connectivity index is 2.67. The lowest BCUT2D eigenvalue weighted by Crippen LogP contribution is -2.34. The summed E-state index contributed by atoms with van der Waals surface area (Å²) in [7, 11) is 0. The van der Waals surface area contributed by atoms with E-state index in [-0.39, 0.29) is 18.4 Å². The van der Waals surface area contributed by atoms with Crippen molar-refractivity contribution in [2.45, 2.75) is 52.7 Å². The lowest BCUT2D eigenvalue weighted by atomic mass is 9.97. The number of benzene rings is 1. The van der Waals surface area contributed by atoms with Crippen molar-refractivity contribution in [1.82, 2.24) is 5.32 Å². The van der Waals surface area contributed by atoms with E-state index in [1.54, 1.807) is 12.1 Å². The Labute approximate surface area is 131 Å². The molecule has 0 heterocycles. The highest BCUT2D eigenvalue weighted by molar-refractivity contribution is 5.84. The third kappa shape index (κ3) is 5.48. The third-order valence-corrected chi connectivity index (χ3v) is 3.51. The van der Waals surface area contributed by atoms with Gasteiger partial charge >= 0.3 is 5.97 Å². The zero-order valence-electron chi connectivity index (χ0n) is 13.7. The average molecular weight is 307 g/mol. The molecule has 1 rings (SSSR count).